The lowest BCUT2D eigenvalue weighted by molar-refractivity contribution is -0.126. The molecule has 0 saturated heterocycles. The van der Waals surface area contributed by atoms with Crippen molar-refractivity contribution in [3.05, 3.63) is 29.8 Å². The van der Waals surface area contributed by atoms with Crippen LogP contribution in [0.2, 0.25) is 0 Å². The molecule has 0 saturated carbocycles. The highest BCUT2D eigenvalue weighted by molar-refractivity contribution is 6.03. The fourth-order valence-corrected chi connectivity index (χ4v) is 1.25. The third kappa shape index (κ3) is 4.10. The van der Waals surface area contributed by atoms with Gasteiger partial charge >= 0.3 is 0 Å². The fraction of sp³-hybridized carbons (Fsp3) is 0.273. The molecule has 0 unspecified atom stereocenters. The zero-order valence-corrected chi connectivity index (χ0v) is 9.12. The molecule has 16 heavy (non-hydrogen) atoms. The molecule has 5 heteroatoms. The van der Waals surface area contributed by atoms with Gasteiger partial charge in [-0.1, -0.05) is 12.1 Å². The molecule has 1 rings (SSSR count). The van der Waals surface area contributed by atoms with Crippen molar-refractivity contribution in [1.82, 2.24) is 5.32 Å². The van der Waals surface area contributed by atoms with Crippen LogP contribution in [0.3, 0.4) is 0 Å². The lowest BCUT2D eigenvalue weighted by atomic mass is 10.2. The number of aryl methyl sites for hydroxylation is 1. The van der Waals surface area contributed by atoms with E-state index in [2.05, 4.69) is 10.6 Å². The zero-order valence-electron chi connectivity index (χ0n) is 9.12. The SMILES string of the molecule is Cc1cccc(NC(=O)CC(=O)NCN)c1. The lowest BCUT2D eigenvalue weighted by Gasteiger charge is -2.05. The van der Waals surface area contributed by atoms with Crippen LogP contribution in [-0.4, -0.2) is 18.5 Å². The summed E-state index contributed by atoms with van der Waals surface area (Å²) >= 11 is 0. The molecule has 5 nitrogen and oxygen atoms in total. The molecule has 0 heterocycles. The lowest BCUT2D eigenvalue weighted by Crippen LogP contribution is -2.32. The number of anilines is 1. The topological polar surface area (TPSA) is 84.2 Å². The summed E-state index contributed by atoms with van der Waals surface area (Å²) in [6, 6.07) is 7.37. The summed E-state index contributed by atoms with van der Waals surface area (Å²) in [6.07, 6.45) is -0.217. The Hall–Kier alpha value is -1.88. The van der Waals surface area contributed by atoms with E-state index in [0.717, 1.165) is 5.56 Å². The van der Waals surface area contributed by atoms with Crippen LogP contribution in [0.15, 0.2) is 24.3 Å². The molecular formula is C11H15N3O2. The van der Waals surface area contributed by atoms with Crippen LogP contribution in [0.5, 0.6) is 0 Å². The summed E-state index contributed by atoms with van der Waals surface area (Å²) < 4.78 is 0. The monoisotopic (exact) mass is 221 g/mol. The van der Waals surface area contributed by atoms with Crippen LogP contribution in [0.1, 0.15) is 12.0 Å². The van der Waals surface area contributed by atoms with Crippen molar-refractivity contribution >= 4 is 17.5 Å². The molecule has 0 radical (unpaired) electrons. The van der Waals surface area contributed by atoms with Gasteiger partial charge in [-0.25, -0.2) is 0 Å². The molecule has 0 spiro atoms. The quantitative estimate of drug-likeness (QED) is 0.507. The van der Waals surface area contributed by atoms with E-state index >= 15 is 0 Å². The van der Waals surface area contributed by atoms with Gasteiger partial charge in [-0.05, 0) is 24.6 Å². The molecule has 0 atom stereocenters. The highest BCUT2D eigenvalue weighted by Crippen LogP contribution is 2.09. The maximum absolute atomic E-state index is 11.4. The smallest absolute Gasteiger partial charge is 0.233 e. The number of benzene rings is 1. The van der Waals surface area contributed by atoms with Gasteiger partial charge in [-0.15, -0.1) is 0 Å². The van der Waals surface area contributed by atoms with E-state index in [1.54, 1.807) is 6.07 Å². The maximum Gasteiger partial charge on any atom is 0.233 e. The number of hydrogen-bond acceptors (Lipinski definition) is 3. The van der Waals surface area contributed by atoms with Gasteiger partial charge in [0, 0.05) is 5.69 Å². The van der Waals surface area contributed by atoms with E-state index < -0.39 is 0 Å². The molecule has 0 aromatic heterocycles. The maximum atomic E-state index is 11.4. The van der Waals surface area contributed by atoms with Crippen LogP contribution in [0.4, 0.5) is 5.69 Å². The molecule has 0 aliphatic carbocycles. The van der Waals surface area contributed by atoms with E-state index in [1.165, 1.54) is 0 Å². The number of rotatable bonds is 4. The first-order chi connectivity index (χ1) is 7.61. The number of amides is 2. The molecule has 0 fully saturated rings. The molecule has 2 amide bonds. The van der Waals surface area contributed by atoms with Crippen LogP contribution in [0.25, 0.3) is 0 Å². The minimum atomic E-state index is -0.382. The van der Waals surface area contributed by atoms with Gasteiger partial charge in [0.25, 0.3) is 0 Å². The number of carbonyl (C=O) groups excluding carboxylic acids is 2. The van der Waals surface area contributed by atoms with Gasteiger partial charge in [0.05, 0.1) is 6.67 Å². The van der Waals surface area contributed by atoms with Gasteiger partial charge in [-0.3, -0.25) is 9.59 Å². The average Bonchev–Trinajstić information content (AvgIpc) is 2.17. The Balaban J connectivity index is 2.48. The normalized spacial score (nSPS) is 9.62. The Morgan fingerprint density at radius 1 is 1.31 bits per heavy atom. The van der Waals surface area contributed by atoms with E-state index in [1.807, 2.05) is 25.1 Å². The predicted octanol–water partition coefficient (Wildman–Crippen LogP) is 0.356. The Morgan fingerprint density at radius 2 is 2.06 bits per heavy atom. The van der Waals surface area contributed by atoms with Crippen molar-refractivity contribution in [2.24, 2.45) is 5.73 Å². The first-order valence-corrected chi connectivity index (χ1v) is 4.95. The van der Waals surface area contributed by atoms with Gasteiger partial charge in [0.15, 0.2) is 0 Å². The minimum absolute atomic E-state index is 0.0383. The molecule has 86 valence electrons. The summed E-state index contributed by atoms with van der Waals surface area (Å²) in [5, 5.41) is 4.98. The van der Waals surface area contributed by atoms with E-state index in [9.17, 15) is 9.59 Å². The van der Waals surface area contributed by atoms with Crippen molar-refractivity contribution < 1.29 is 9.59 Å². The second-order valence-electron chi connectivity index (χ2n) is 3.40. The molecular weight excluding hydrogens is 206 g/mol. The Kier molecular flexibility index (Phi) is 4.47. The third-order valence-electron chi connectivity index (χ3n) is 1.92. The van der Waals surface area contributed by atoms with Crippen molar-refractivity contribution in [2.75, 3.05) is 12.0 Å². The molecule has 1 aromatic rings. The fourth-order valence-electron chi connectivity index (χ4n) is 1.25. The van der Waals surface area contributed by atoms with Crippen molar-refractivity contribution in [3.8, 4) is 0 Å². The second kappa shape index (κ2) is 5.87. The number of nitrogens with two attached hydrogens (primary N) is 1. The van der Waals surface area contributed by atoms with Crippen molar-refractivity contribution in [1.29, 1.82) is 0 Å². The molecule has 4 N–H and O–H groups in total. The van der Waals surface area contributed by atoms with Crippen LogP contribution >= 0.6 is 0 Å². The highest BCUT2D eigenvalue weighted by Gasteiger charge is 2.08. The Bertz CT molecular complexity index is 391. The van der Waals surface area contributed by atoms with Crippen LogP contribution in [-0.2, 0) is 9.59 Å². The molecule has 1 aromatic carbocycles. The van der Waals surface area contributed by atoms with Gasteiger partial charge < -0.3 is 16.4 Å². The van der Waals surface area contributed by atoms with Crippen molar-refractivity contribution in [2.45, 2.75) is 13.3 Å². The number of hydrogen-bond donors (Lipinski definition) is 3. The predicted molar refractivity (Wildman–Crippen MR) is 61.6 cm³/mol. The van der Waals surface area contributed by atoms with Crippen LogP contribution < -0.4 is 16.4 Å². The summed E-state index contributed by atoms with van der Waals surface area (Å²) in [6.45, 7) is 1.97. The summed E-state index contributed by atoms with van der Waals surface area (Å²) in [5.41, 5.74) is 6.85. The van der Waals surface area contributed by atoms with Gasteiger partial charge in [0.1, 0.15) is 6.42 Å². The third-order valence-corrected chi connectivity index (χ3v) is 1.92. The summed E-state index contributed by atoms with van der Waals surface area (Å²) in [5.74, 6) is -0.732. The standard InChI is InChI=1S/C11H15N3O2/c1-8-3-2-4-9(5-8)14-11(16)6-10(15)13-7-12/h2-5H,6-7,12H2,1H3,(H,13,15)(H,14,16). The summed E-state index contributed by atoms with van der Waals surface area (Å²) in [7, 11) is 0. The molecule has 0 aliphatic heterocycles. The Morgan fingerprint density at radius 3 is 2.69 bits per heavy atom. The van der Waals surface area contributed by atoms with Crippen LogP contribution in [0, 0.1) is 6.92 Å². The first-order valence-electron chi connectivity index (χ1n) is 4.95. The number of nitrogens with one attached hydrogen (secondary N) is 2. The highest BCUT2D eigenvalue weighted by atomic mass is 16.2. The Labute approximate surface area is 94.0 Å². The number of carbonyl (C=O) groups is 2. The summed E-state index contributed by atoms with van der Waals surface area (Å²) in [4.78, 5) is 22.5. The first kappa shape index (κ1) is 12.2. The molecule has 0 bridgehead atoms. The van der Waals surface area contributed by atoms with Crippen molar-refractivity contribution in [3.63, 3.8) is 0 Å². The van der Waals surface area contributed by atoms with E-state index in [4.69, 9.17) is 5.73 Å². The van der Waals surface area contributed by atoms with E-state index in [-0.39, 0.29) is 24.9 Å². The van der Waals surface area contributed by atoms with Gasteiger partial charge in [0.2, 0.25) is 11.8 Å². The van der Waals surface area contributed by atoms with Gasteiger partial charge in [-0.2, -0.15) is 0 Å². The largest absolute Gasteiger partial charge is 0.343 e. The molecule has 0 aliphatic rings. The zero-order chi connectivity index (χ0) is 12.0. The second-order valence-corrected chi connectivity index (χ2v) is 3.40. The van der Waals surface area contributed by atoms with E-state index in [0.29, 0.717) is 5.69 Å². The minimum Gasteiger partial charge on any atom is -0.343 e. The average molecular weight is 221 g/mol.